The Morgan fingerprint density at radius 1 is 1.05 bits per heavy atom. The van der Waals surface area contributed by atoms with Crippen LogP contribution in [0, 0.1) is 23.7 Å². The van der Waals surface area contributed by atoms with Gasteiger partial charge in [-0.15, -0.1) is 0 Å². The Hall–Kier alpha value is -4.03. The number of aromatic nitrogens is 3. The first-order valence-electron chi connectivity index (χ1n) is 20.5. The summed E-state index contributed by atoms with van der Waals surface area (Å²) in [6, 6.07) is 2.72. The van der Waals surface area contributed by atoms with Gasteiger partial charge in [0.2, 0.25) is 11.7 Å². The molecule has 0 radical (unpaired) electrons. The highest BCUT2D eigenvalue weighted by Gasteiger charge is 2.63. The van der Waals surface area contributed by atoms with E-state index < -0.39 is 71.5 Å². The monoisotopic (exact) mass is 811 g/mol. The summed E-state index contributed by atoms with van der Waals surface area (Å²) >= 11 is 0. The molecular weight excluding hydrogens is 750 g/mol. The zero-order valence-corrected chi connectivity index (χ0v) is 35.7. The van der Waals surface area contributed by atoms with Crippen molar-refractivity contribution < 1.29 is 47.7 Å². The quantitative estimate of drug-likeness (QED) is 0.264. The molecular formula is C41H61N7O10. The number of amides is 1. The number of pyridine rings is 1. The minimum atomic E-state index is -1.30. The molecule has 0 saturated carbocycles. The number of aryl methyl sites for hydroxylation is 1. The van der Waals surface area contributed by atoms with Gasteiger partial charge in [0.25, 0.3) is 0 Å². The summed E-state index contributed by atoms with van der Waals surface area (Å²) in [4.78, 5) is 52.8. The van der Waals surface area contributed by atoms with Crippen LogP contribution in [0.25, 0.3) is 11.4 Å². The van der Waals surface area contributed by atoms with Crippen LogP contribution in [0.4, 0.5) is 4.79 Å². The molecule has 3 saturated heterocycles. The molecule has 13 atom stereocenters. The van der Waals surface area contributed by atoms with Crippen LogP contribution < -0.4 is 0 Å². The summed E-state index contributed by atoms with van der Waals surface area (Å²) < 4.78 is 37.2. The van der Waals surface area contributed by atoms with Gasteiger partial charge in [0.15, 0.2) is 17.7 Å². The van der Waals surface area contributed by atoms with E-state index in [0.29, 0.717) is 50.4 Å². The topological polar surface area (TPSA) is 191 Å². The van der Waals surface area contributed by atoms with Crippen molar-refractivity contribution in [3.05, 3.63) is 30.4 Å². The molecule has 2 bridgehead atoms. The number of hydrogen-bond donors (Lipinski definition) is 1. The number of methoxy groups -OCH3 is 1. The van der Waals surface area contributed by atoms with Gasteiger partial charge >= 0.3 is 12.1 Å². The van der Waals surface area contributed by atoms with Crippen LogP contribution in [-0.2, 0) is 39.7 Å². The van der Waals surface area contributed by atoms with Gasteiger partial charge in [-0.3, -0.25) is 14.6 Å². The highest BCUT2D eigenvalue weighted by atomic mass is 16.7. The van der Waals surface area contributed by atoms with Gasteiger partial charge in [-0.25, -0.2) is 4.79 Å². The fraction of sp³-hybridized carbons (Fsp3) is 0.732. The lowest BCUT2D eigenvalue weighted by Crippen LogP contribution is -2.63. The van der Waals surface area contributed by atoms with E-state index in [2.05, 4.69) is 15.1 Å². The van der Waals surface area contributed by atoms with E-state index in [0.717, 1.165) is 11.3 Å². The number of ether oxygens (including phenoxy) is 5. The molecule has 2 aromatic rings. The lowest BCUT2D eigenvalue weighted by molar-refractivity contribution is -0.295. The normalized spacial score (nSPS) is 37.4. The maximum absolute atomic E-state index is 14.3. The third kappa shape index (κ3) is 8.24. The van der Waals surface area contributed by atoms with Crippen molar-refractivity contribution in [2.24, 2.45) is 28.8 Å². The number of hydrazine groups is 1. The average molecular weight is 812 g/mol. The minimum Gasteiger partial charge on any atom is -0.457 e. The van der Waals surface area contributed by atoms with E-state index >= 15 is 0 Å². The minimum absolute atomic E-state index is 0.238. The summed E-state index contributed by atoms with van der Waals surface area (Å²) in [5, 5.41) is 24.0. The fourth-order valence-corrected chi connectivity index (χ4v) is 9.47. The molecule has 0 aliphatic carbocycles. The highest BCUT2D eigenvalue weighted by Crippen LogP contribution is 2.46. The number of likely N-dealkylation sites (N-methyl/N-ethyl adjacent to an activating group) is 1. The molecule has 2 aromatic heterocycles. The number of hydrogen-bond acceptors (Lipinski definition) is 16. The summed E-state index contributed by atoms with van der Waals surface area (Å²) in [6.07, 6.45) is 0.648. The molecule has 17 nitrogen and oxygen atoms in total. The van der Waals surface area contributed by atoms with Gasteiger partial charge in [0.05, 0.1) is 24.4 Å². The number of carbonyl (C=O) groups excluding carboxylic acids is 3. The van der Waals surface area contributed by atoms with Gasteiger partial charge in [0.1, 0.15) is 24.2 Å². The number of hydrazone groups is 1. The Balaban J connectivity index is 1.37. The van der Waals surface area contributed by atoms with E-state index in [1.54, 1.807) is 50.6 Å². The third-order valence-electron chi connectivity index (χ3n) is 12.7. The van der Waals surface area contributed by atoms with Gasteiger partial charge in [-0.1, -0.05) is 32.9 Å². The summed E-state index contributed by atoms with van der Waals surface area (Å²) in [5.74, 6) is -3.01. The van der Waals surface area contributed by atoms with Crippen LogP contribution in [0.2, 0.25) is 0 Å². The Kier molecular flexibility index (Phi) is 13.0. The molecule has 6 rings (SSSR count). The second-order valence-electron chi connectivity index (χ2n) is 17.1. The van der Waals surface area contributed by atoms with Crippen LogP contribution in [0.15, 0.2) is 34.2 Å². The van der Waals surface area contributed by atoms with Crippen molar-refractivity contribution >= 4 is 23.6 Å². The van der Waals surface area contributed by atoms with Crippen molar-refractivity contribution in [1.82, 2.24) is 30.2 Å². The smallest absolute Gasteiger partial charge is 0.431 e. The zero-order chi connectivity index (χ0) is 42.3. The van der Waals surface area contributed by atoms with Crippen LogP contribution in [-0.4, -0.2) is 141 Å². The first-order valence-corrected chi connectivity index (χ1v) is 20.5. The van der Waals surface area contributed by atoms with Crippen LogP contribution >= 0.6 is 0 Å². The summed E-state index contributed by atoms with van der Waals surface area (Å²) in [5.41, 5.74) is -0.906. The van der Waals surface area contributed by atoms with Crippen LogP contribution in [0.1, 0.15) is 87.0 Å². The number of esters is 1. The van der Waals surface area contributed by atoms with E-state index in [9.17, 15) is 19.5 Å². The van der Waals surface area contributed by atoms with Crippen molar-refractivity contribution in [2.45, 2.75) is 141 Å². The molecule has 58 heavy (non-hydrogen) atoms. The van der Waals surface area contributed by atoms with E-state index in [4.69, 9.17) is 33.3 Å². The number of aliphatic hydroxyl groups excluding tert-OH is 1. The van der Waals surface area contributed by atoms with Crippen LogP contribution in [0.5, 0.6) is 0 Å². The van der Waals surface area contributed by atoms with E-state index in [1.165, 1.54) is 11.9 Å². The number of ketones is 1. The highest BCUT2D eigenvalue weighted by molar-refractivity contribution is 6.00. The molecule has 1 unspecified atom stereocenters. The maximum Gasteiger partial charge on any atom is 0.431 e. The molecule has 1 N–H and O–H groups in total. The van der Waals surface area contributed by atoms with Crippen molar-refractivity contribution in [2.75, 3.05) is 27.7 Å². The fourth-order valence-electron chi connectivity index (χ4n) is 9.47. The molecule has 0 spiro atoms. The third-order valence-corrected chi connectivity index (χ3v) is 12.7. The second kappa shape index (κ2) is 17.3. The van der Waals surface area contributed by atoms with Gasteiger partial charge in [-0.05, 0) is 85.5 Å². The standard InChI is InChI=1S/C41H61N7O10/c1-12-29-41(8)34-24(4)31(44-47(48(34)39(52)57-41)19-13-14-30-43-36(45-58-30)27-15-17-42-18-16-27)22(2)21-40(7,53-11)35(25(5)32(49)26(6)37(51)55-29)56-38-33(50)28(46(9)10)20-23(3)54-38/h15-18,22-26,28-29,33-35,38,50H,12-14,19-21H2,1-11H3/t22-,23+,24-,25-,26+,28-,29-,33+,34-,35+,38-,40?,41-/m1/s1. The van der Waals surface area contributed by atoms with Crippen LogP contribution in [0.3, 0.4) is 0 Å². The second-order valence-corrected chi connectivity index (χ2v) is 17.1. The summed E-state index contributed by atoms with van der Waals surface area (Å²) in [7, 11) is 5.35. The maximum atomic E-state index is 14.3. The average Bonchev–Trinajstić information content (AvgIpc) is 3.78. The molecule has 3 fully saturated rings. The molecule has 6 heterocycles. The number of carbonyl (C=O) groups is 3. The lowest BCUT2D eigenvalue weighted by Gasteiger charge is -2.49. The number of Topliss-reactive ketones (excluding diaryl/α,β-unsaturated/α-hetero) is 1. The Bertz CT molecular complexity index is 1810. The Labute approximate surface area is 340 Å². The molecule has 1 amide bonds. The number of nitrogens with zero attached hydrogens (tertiary/aromatic N) is 7. The van der Waals surface area contributed by atoms with Crippen molar-refractivity contribution in [3.63, 3.8) is 0 Å². The van der Waals surface area contributed by atoms with Gasteiger partial charge < -0.3 is 38.2 Å². The van der Waals surface area contributed by atoms with Gasteiger partial charge in [-0.2, -0.15) is 20.2 Å². The largest absolute Gasteiger partial charge is 0.457 e. The molecule has 4 aliphatic heterocycles. The number of rotatable bonds is 10. The van der Waals surface area contributed by atoms with Crippen molar-refractivity contribution in [1.29, 1.82) is 0 Å². The van der Waals surface area contributed by atoms with E-state index in [1.807, 2.05) is 53.6 Å². The number of fused-ring (bicyclic) bond motifs is 1. The van der Waals surface area contributed by atoms with E-state index in [-0.39, 0.29) is 24.0 Å². The molecule has 320 valence electrons. The number of aliphatic hydroxyl groups is 1. The Morgan fingerprint density at radius 3 is 2.41 bits per heavy atom. The van der Waals surface area contributed by atoms with Gasteiger partial charge in [0, 0.05) is 55.1 Å². The number of cyclic esters (lactones) is 1. The molecule has 17 heteroatoms. The first kappa shape index (κ1) is 43.5. The predicted molar refractivity (Wildman–Crippen MR) is 210 cm³/mol. The molecule has 4 aliphatic rings. The Morgan fingerprint density at radius 2 is 1.76 bits per heavy atom. The predicted octanol–water partition coefficient (Wildman–Crippen LogP) is 4.29. The first-order chi connectivity index (χ1) is 27.4. The zero-order valence-electron chi connectivity index (χ0n) is 35.7. The van der Waals surface area contributed by atoms with Crippen molar-refractivity contribution in [3.8, 4) is 11.4 Å². The summed E-state index contributed by atoms with van der Waals surface area (Å²) in [6.45, 7) is 15.0. The molecule has 0 aromatic carbocycles. The SMILES string of the molecule is CC[C@H]1OC(=O)[C@@H](C)C(=O)[C@@H](C)[C@H](O[C@H]2O[C@@H](C)C[C@@H](N(C)C)[C@@H]2O)C(C)(OC)C[C@@H](C)C2=NN(CCCc3nc(-c4ccncc4)no3)N3C(=O)O[C@@]1(C)[C@H]3[C@@H]2C. The lowest BCUT2D eigenvalue weighted by atomic mass is 9.73.